The molecule has 1 aliphatic rings. The molecule has 0 amide bonds. The molecule has 0 saturated carbocycles. The predicted octanol–water partition coefficient (Wildman–Crippen LogP) is 1.12. The van der Waals surface area contributed by atoms with E-state index in [4.69, 9.17) is 15.2 Å². The van der Waals surface area contributed by atoms with Crippen molar-refractivity contribution in [3.05, 3.63) is 24.0 Å². The van der Waals surface area contributed by atoms with Crippen molar-refractivity contribution < 1.29 is 9.47 Å². The van der Waals surface area contributed by atoms with Crippen LogP contribution in [-0.2, 0) is 9.47 Å². The summed E-state index contributed by atoms with van der Waals surface area (Å²) in [5.41, 5.74) is 7.51. The molecule has 1 aliphatic heterocycles. The van der Waals surface area contributed by atoms with Gasteiger partial charge in [-0.1, -0.05) is 0 Å². The Hall–Kier alpha value is -1.17. The molecule has 1 saturated heterocycles. The van der Waals surface area contributed by atoms with Crippen LogP contribution in [0.4, 0.5) is 5.69 Å². The highest BCUT2D eigenvalue weighted by atomic mass is 16.5. The Morgan fingerprint density at radius 2 is 2.22 bits per heavy atom. The Morgan fingerprint density at radius 3 is 2.78 bits per heavy atom. The van der Waals surface area contributed by atoms with Gasteiger partial charge in [0.15, 0.2) is 0 Å². The Morgan fingerprint density at radius 1 is 1.50 bits per heavy atom. The number of nitrogens with two attached hydrogens (primary N) is 1. The first-order chi connectivity index (χ1) is 8.73. The minimum Gasteiger partial charge on any atom is -0.398 e. The van der Waals surface area contributed by atoms with E-state index in [1.54, 1.807) is 13.3 Å². The summed E-state index contributed by atoms with van der Waals surface area (Å²) in [5, 5.41) is 3.32. The third kappa shape index (κ3) is 2.34. The topological polar surface area (TPSA) is 69.4 Å². The lowest BCUT2D eigenvalue weighted by Crippen LogP contribution is -2.48. The van der Waals surface area contributed by atoms with Crippen molar-refractivity contribution >= 4 is 5.69 Å². The van der Waals surface area contributed by atoms with E-state index in [0.717, 1.165) is 24.1 Å². The molecular weight excluding hydrogens is 230 g/mol. The molecule has 1 fully saturated rings. The molecule has 2 rings (SSSR count). The van der Waals surface area contributed by atoms with E-state index in [9.17, 15) is 0 Å². The standard InChI is InChI=1S/C13H21N3O2/c1-15-12(10-9-16-6-3-11(10)14)13(17-2)4-7-18-8-5-13/h3,6,9,12,15H,4-5,7-8H2,1-2H3,(H2,14,16). The van der Waals surface area contributed by atoms with Gasteiger partial charge in [0.25, 0.3) is 0 Å². The van der Waals surface area contributed by atoms with Gasteiger partial charge in [0.1, 0.15) is 0 Å². The van der Waals surface area contributed by atoms with Gasteiger partial charge in [0, 0.05) is 56.8 Å². The Kier molecular flexibility index (Phi) is 4.16. The molecule has 0 aromatic carbocycles. The van der Waals surface area contributed by atoms with Crippen LogP contribution in [0.1, 0.15) is 24.4 Å². The second-order valence-electron chi connectivity index (χ2n) is 4.61. The van der Waals surface area contributed by atoms with Gasteiger partial charge in [-0.25, -0.2) is 0 Å². The average molecular weight is 251 g/mol. The van der Waals surface area contributed by atoms with Crippen LogP contribution in [-0.4, -0.2) is 38.0 Å². The van der Waals surface area contributed by atoms with Crippen molar-refractivity contribution in [2.45, 2.75) is 24.5 Å². The van der Waals surface area contributed by atoms with Gasteiger partial charge in [0.2, 0.25) is 0 Å². The highest BCUT2D eigenvalue weighted by Crippen LogP contribution is 2.38. The van der Waals surface area contributed by atoms with Crippen LogP contribution in [0.25, 0.3) is 0 Å². The van der Waals surface area contributed by atoms with Crippen LogP contribution in [0.3, 0.4) is 0 Å². The first-order valence-electron chi connectivity index (χ1n) is 6.23. The zero-order valence-corrected chi connectivity index (χ0v) is 11.0. The summed E-state index contributed by atoms with van der Waals surface area (Å²) in [5.74, 6) is 0. The number of hydrogen-bond acceptors (Lipinski definition) is 5. The number of hydrogen-bond donors (Lipinski definition) is 2. The van der Waals surface area contributed by atoms with Crippen molar-refractivity contribution in [1.82, 2.24) is 10.3 Å². The number of nitrogen functional groups attached to an aromatic ring is 1. The van der Waals surface area contributed by atoms with Gasteiger partial charge >= 0.3 is 0 Å². The second kappa shape index (κ2) is 5.65. The van der Waals surface area contributed by atoms with E-state index in [1.165, 1.54) is 0 Å². The molecule has 0 aliphatic carbocycles. The second-order valence-corrected chi connectivity index (χ2v) is 4.61. The normalized spacial score (nSPS) is 20.6. The number of methoxy groups -OCH3 is 1. The minimum absolute atomic E-state index is 0.0279. The molecule has 1 atom stereocenters. The Bertz CT molecular complexity index is 392. The quantitative estimate of drug-likeness (QED) is 0.839. The zero-order valence-electron chi connectivity index (χ0n) is 11.0. The molecule has 3 N–H and O–H groups in total. The minimum atomic E-state index is -0.274. The lowest BCUT2D eigenvalue weighted by atomic mass is 9.82. The monoisotopic (exact) mass is 251 g/mol. The van der Waals surface area contributed by atoms with Gasteiger partial charge in [-0.2, -0.15) is 0 Å². The van der Waals surface area contributed by atoms with E-state index < -0.39 is 0 Å². The number of aromatic nitrogens is 1. The summed E-state index contributed by atoms with van der Waals surface area (Å²) < 4.78 is 11.2. The van der Waals surface area contributed by atoms with Crippen molar-refractivity contribution in [3.63, 3.8) is 0 Å². The maximum Gasteiger partial charge on any atom is 0.0917 e. The van der Waals surface area contributed by atoms with E-state index in [1.807, 2.05) is 19.3 Å². The summed E-state index contributed by atoms with van der Waals surface area (Å²) in [7, 11) is 3.68. The van der Waals surface area contributed by atoms with Crippen LogP contribution in [0.2, 0.25) is 0 Å². The summed E-state index contributed by atoms with van der Waals surface area (Å²) in [6, 6.07) is 1.85. The average Bonchev–Trinajstić information content (AvgIpc) is 2.43. The molecule has 1 unspecified atom stereocenters. The lowest BCUT2D eigenvalue weighted by Gasteiger charge is -2.42. The molecule has 5 nitrogen and oxygen atoms in total. The number of rotatable bonds is 4. The van der Waals surface area contributed by atoms with E-state index in [0.29, 0.717) is 13.2 Å². The molecule has 0 bridgehead atoms. The van der Waals surface area contributed by atoms with Gasteiger partial charge in [-0.15, -0.1) is 0 Å². The molecule has 18 heavy (non-hydrogen) atoms. The van der Waals surface area contributed by atoms with Crippen LogP contribution >= 0.6 is 0 Å². The van der Waals surface area contributed by atoms with E-state index >= 15 is 0 Å². The van der Waals surface area contributed by atoms with Crippen LogP contribution < -0.4 is 11.1 Å². The van der Waals surface area contributed by atoms with E-state index in [-0.39, 0.29) is 11.6 Å². The van der Waals surface area contributed by atoms with Gasteiger partial charge < -0.3 is 20.5 Å². The Labute approximate surface area is 108 Å². The third-order valence-electron chi connectivity index (χ3n) is 3.76. The fraction of sp³-hybridized carbons (Fsp3) is 0.615. The summed E-state index contributed by atoms with van der Waals surface area (Å²) in [6.45, 7) is 1.43. The lowest BCUT2D eigenvalue weighted by molar-refractivity contribution is -0.110. The SMILES string of the molecule is CNC(c1cnccc1N)C1(OC)CCOCC1. The van der Waals surface area contributed by atoms with E-state index in [2.05, 4.69) is 10.3 Å². The fourth-order valence-electron chi connectivity index (χ4n) is 2.69. The highest BCUT2D eigenvalue weighted by Gasteiger charge is 2.41. The number of anilines is 1. The maximum atomic E-state index is 6.05. The first-order valence-corrected chi connectivity index (χ1v) is 6.23. The number of ether oxygens (including phenoxy) is 2. The molecule has 1 aromatic heterocycles. The number of nitrogens with zero attached hydrogens (tertiary/aromatic N) is 1. The summed E-state index contributed by atoms with van der Waals surface area (Å²) in [4.78, 5) is 4.17. The molecule has 0 radical (unpaired) electrons. The van der Waals surface area contributed by atoms with Gasteiger partial charge in [0.05, 0.1) is 11.6 Å². The number of pyridine rings is 1. The molecule has 0 spiro atoms. The van der Waals surface area contributed by atoms with Gasteiger partial charge in [-0.3, -0.25) is 4.98 Å². The molecular formula is C13H21N3O2. The summed E-state index contributed by atoms with van der Waals surface area (Å²) >= 11 is 0. The fourth-order valence-corrected chi connectivity index (χ4v) is 2.69. The zero-order chi connectivity index (χ0) is 13.0. The molecule has 2 heterocycles. The number of nitrogens with one attached hydrogen (secondary N) is 1. The molecule has 100 valence electrons. The van der Waals surface area contributed by atoms with Crippen molar-refractivity contribution in [1.29, 1.82) is 0 Å². The largest absolute Gasteiger partial charge is 0.398 e. The predicted molar refractivity (Wildman–Crippen MR) is 70.2 cm³/mol. The maximum absolute atomic E-state index is 6.05. The van der Waals surface area contributed by atoms with Crippen molar-refractivity contribution in [2.24, 2.45) is 0 Å². The summed E-state index contributed by atoms with van der Waals surface area (Å²) in [6.07, 6.45) is 5.22. The van der Waals surface area contributed by atoms with Crippen LogP contribution in [0.15, 0.2) is 18.5 Å². The molecule has 1 aromatic rings. The number of likely N-dealkylation sites (N-methyl/N-ethyl adjacent to an activating group) is 1. The van der Waals surface area contributed by atoms with Crippen LogP contribution in [0, 0.1) is 0 Å². The van der Waals surface area contributed by atoms with Crippen molar-refractivity contribution in [3.8, 4) is 0 Å². The molecule has 5 heteroatoms. The van der Waals surface area contributed by atoms with Crippen molar-refractivity contribution in [2.75, 3.05) is 33.1 Å². The first kappa shape index (κ1) is 13.3. The third-order valence-corrected chi connectivity index (χ3v) is 3.76. The van der Waals surface area contributed by atoms with Crippen LogP contribution in [0.5, 0.6) is 0 Å². The highest BCUT2D eigenvalue weighted by molar-refractivity contribution is 5.47. The smallest absolute Gasteiger partial charge is 0.0917 e. The Balaban J connectivity index is 2.34. The van der Waals surface area contributed by atoms with Gasteiger partial charge in [-0.05, 0) is 13.1 Å².